The van der Waals surface area contributed by atoms with Crippen LogP contribution in [0.25, 0.3) is 11.3 Å². The van der Waals surface area contributed by atoms with Gasteiger partial charge in [-0.25, -0.2) is 0 Å². The third-order valence-electron chi connectivity index (χ3n) is 2.79. The molecule has 1 aromatic heterocycles. The molecule has 0 saturated heterocycles. The molecule has 0 atom stereocenters. The van der Waals surface area contributed by atoms with E-state index in [1.807, 2.05) is 24.3 Å². The Morgan fingerprint density at radius 2 is 1.62 bits per heavy atom. The van der Waals surface area contributed by atoms with E-state index in [1.54, 1.807) is 6.07 Å². The maximum absolute atomic E-state index is 5.77. The summed E-state index contributed by atoms with van der Waals surface area (Å²) in [5, 5.41) is 8.32. The van der Waals surface area contributed by atoms with Gasteiger partial charge in [-0.1, -0.05) is 25.4 Å². The molecule has 0 fully saturated rings. The molecule has 2 rings (SSSR count). The molecule has 0 amide bonds. The monoisotopic (exact) mass is 306 g/mol. The number of nitrogens with zero attached hydrogens (tertiary/aromatic N) is 2. The van der Waals surface area contributed by atoms with Crippen LogP contribution in [0.5, 0.6) is 11.5 Å². The summed E-state index contributed by atoms with van der Waals surface area (Å²) in [4.78, 5) is 0. The average Bonchev–Trinajstić information content (AvgIpc) is 2.52. The fourth-order valence-corrected chi connectivity index (χ4v) is 1.89. The van der Waals surface area contributed by atoms with Gasteiger partial charge in [0.1, 0.15) is 0 Å². The van der Waals surface area contributed by atoms with Crippen molar-refractivity contribution in [3.05, 3.63) is 35.5 Å². The highest BCUT2D eigenvalue weighted by Crippen LogP contribution is 2.32. The highest BCUT2D eigenvalue weighted by molar-refractivity contribution is 6.29. The number of ether oxygens (including phenoxy) is 2. The largest absolute Gasteiger partial charge is 0.490 e. The minimum atomic E-state index is 0.379. The Kier molecular flexibility index (Phi) is 5.81. The van der Waals surface area contributed by atoms with Crippen molar-refractivity contribution in [2.75, 3.05) is 13.2 Å². The lowest BCUT2D eigenvalue weighted by atomic mass is 10.1. The Balaban J connectivity index is 2.28. The Labute approximate surface area is 130 Å². The topological polar surface area (TPSA) is 44.2 Å². The molecule has 0 bridgehead atoms. The quantitative estimate of drug-likeness (QED) is 0.761. The summed E-state index contributed by atoms with van der Waals surface area (Å²) in [6.45, 7) is 5.46. The van der Waals surface area contributed by atoms with Crippen molar-refractivity contribution >= 4 is 11.6 Å². The molecule has 2 aromatic rings. The molecule has 0 aliphatic carbocycles. The number of hydrogen-bond donors (Lipinski definition) is 0. The lowest BCUT2D eigenvalue weighted by Gasteiger charge is -2.13. The molecule has 21 heavy (non-hydrogen) atoms. The van der Waals surface area contributed by atoms with Crippen LogP contribution < -0.4 is 9.47 Å². The van der Waals surface area contributed by atoms with Gasteiger partial charge in [-0.15, -0.1) is 10.2 Å². The summed E-state index contributed by atoms with van der Waals surface area (Å²) in [6.07, 6.45) is 1.90. The maximum atomic E-state index is 5.77. The molecule has 0 spiro atoms. The van der Waals surface area contributed by atoms with E-state index in [4.69, 9.17) is 21.1 Å². The van der Waals surface area contributed by atoms with Gasteiger partial charge in [-0.2, -0.15) is 0 Å². The van der Waals surface area contributed by atoms with Gasteiger partial charge in [-0.3, -0.25) is 0 Å². The van der Waals surface area contributed by atoms with Crippen LogP contribution in [0.15, 0.2) is 30.3 Å². The van der Waals surface area contributed by atoms with Crippen LogP contribution in [0.2, 0.25) is 5.15 Å². The van der Waals surface area contributed by atoms with Crippen LogP contribution in [-0.4, -0.2) is 23.4 Å². The van der Waals surface area contributed by atoms with Gasteiger partial charge in [0.2, 0.25) is 0 Å². The molecule has 4 nitrogen and oxygen atoms in total. The highest BCUT2D eigenvalue weighted by atomic mass is 35.5. The second-order valence-corrected chi connectivity index (χ2v) is 4.99. The molecule has 0 aliphatic heterocycles. The Bertz CT molecular complexity index is 573. The molecule has 1 heterocycles. The Morgan fingerprint density at radius 3 is 2.24 bits per heavy atom. The van der Waals surface area contributed by atoms with Crippen LogP contribution in [-0.2, 0) is 0 Å². The van der Waals surface area contributed by atoms with E-state index in [0.29, 0.717) is 18.4 Å². The van der Waals surface area contributed by atoms with Crippen molar-refractivity contribution in [1.82, 2.24) is 10.2 Å². The minimum absolute atomic E-state index is 0.379. The molecule has 112 valence electrons. The Morgan fingerprint density at radius 1 is 0.905 bits per heavy atom. The fraction of sp³-hybridized carbons (Fsp3) is 0.375. The van der Waals surface area contributed by atoms with Gasteiger partial charge in [-0.05, 0) is 43.2 Å². The van der Waals surface area contributed by atoms with E-state index in [2.05, 4.69) is 24.0 Å². The SMILES string of the molecule is CCCOc1ccc(-c2ccc(Cl)nn2)cc1OCCC. The number of halogens is 1. The zero-order chi connectivity index (χ0) is 15.1. The zero-order valence-electron chi connectivity index (χ0n) is 12.3. The van der Waals surface area contributed by atoms with Gasteiger partial charge < -0.3 is 9.47 Å². The van der Waals surface area contributed by atoms with E-state index in [9.17, 15) is 0 Å². The molecule has 5 heteroatoms. The summed E-state index contributed by atoms with van der Waals surface area (Å²) >= 11 is 5.76. The molecule has 0 N–H and O–H groups in total. The minimum Gasteiger partial charge on any atom is -0.490 e. The molecule has 0 radical (unpaired) electrons. The van der Waals surface area contributed by atoms with Gasteiger partial charge in [0.15, 0.2) is 16.7 Å². The lowest BCUT2D eigenvalue weighted by Crippen LogP contribution is -2.01. The predicted molar refractivity (Wildman–Crippen MR) is 84.1 cm³/mol. The van der Waals surface area contributed by atoms with E-state index in [1.165, 1.54) is 0 Å². The van der Waals surface area contributed by atoms with Crippen molar-refractivity contribution in [2.45, 2.75) is 26.7 Å². The molecular weight excluding hydrogens is 288 g/mol. The first-order valence-corrected chi connectivity index (χ1v) is 7.51. The smallest absolute Gasteiger partial charge is 0.161 e. The summed E-state index contributed by atoms with van der Waals surface area (Å²) in [5.41, 5.74) is 1.68. The van der Waals surface area contributed by atoms with E-state index in [0.717, 1.165) is 35.6 Å². The lowest BCUT2D eigenvalue weighted by molar-refractivity contribution is 0.268. The molecule has 1 aromatic carbocycles. The standard InChI is InChI=1S/C16H19ClN2O2/c1-3-9-20-14-7-5-12(11-15(14)21-10-4-2)13-6-8-16(17)19-18-13/h5-8,11H,3-4,9-10H2,1-2H3. The van der Waals surface area contributed by atoms with Crippen LogP contribution in [0.4, 0.5) is 0 Å². The molecule has 0 aliphatic rings. The number of benzene rings is 1. The van der Waals surface area contributed by atoms with Gasteiger partial charge in [0.25, 0.3) is 0 Å². The van der Waals surface area contributed by atoms with Crippen molar-refractivity contribution in [1.29, 1.82) is 0 Å². The Hall–Kier alpha value is -1.81. The maximum Gasteiger partial charge on any atom is 0.161 e. The van der Waals surface area contributed by atoms with Crippen molar-refractivity contribution in [3.63, 3.8) is 0 Å². The summed E-state index contributed by atoms with van der Waals surface area (Å²) < 4.78 is 11.5. The van der Waals surface area contributed by atoms with Crippen molar-refractivity contribution in [3.8, 4) is 22.8 Å². The average molecular weight is 307 g/mol. The fourth-order valence-electron chi connectivity index (χ4n) is 1.79. The van der Waals surface area contributed by atoms with Gasteiger partial charge >= 0.3 is 0 Å². The first-order valence-electron chi connectivity index (χ1n) is 7.13. The first kappa shape index (κ1) is 15.6. The predicted octanol–water partition coefficient (Wildman–Crippen LogP) is 4.37. The van der Waals surface area contributed by atoms with E-state index >= 15 is 0 Å². The van der Waals surface area contributed by atoms with E-state index in [-0.39, 0.29) is 0 Å². The third-order valence-corrected chi connectivity index (χ3v) is 3.00. The van der Waals surface area contributed by atoms with Crippen LogP contribution >= 0.6 is 11.6 Å². The number of hydrogen-bond acceptors (Lipinski definition) is 4. The molecular formula is C16H19ClN2O2. The summed E-state index contributed by atoms with van der Waals surface area (Å²) in [5.74, 6) is 1.50. The van der Waals surface area contributed by atoms with Crippen LogP contribution in [0.1, 0.15) is 26.7 Å². The van der Waals surface area contributed by atoms with Gasteiger partial charge in [0, 0.05) is 5.56 Å². The number of rotatable bonds is 7. The van der Waals surface area contributed by atoms with Gasteiger partial charge in [0.05, 0.1) is 18.9 Å². The molecule has 0 unspecified atom stereocenters. The van der Waals surface area contributed by atoms with Crippen LogP contribution in [0, 0.1) is 0 Å². The first-order chi connectivity index (χ1) is 10.2. The molecule has 0 saturated carbocycles. The van der Waals surface area contributed by atoms with E-state index < -0.39 is 0 Å². The van der Waals surface area contributed by atoms with Crippen molar-refractivity contribution < 1.29 is 9.47 Å². The normalized spacial score (nSPS) is 10.4. The second kappa shape index (κ2) is 7.84. The zero-order valence-corrected chi connectivity index (χ0v) is 13.1. The van der Waals surface area contributed by atoms with Crippen molar-refractivity contribution in [2.24, 2.45) is 0 Å². The summed E-state index contributed by atoms with van der Waals surface area (Å²) in [7, 11) is 0. The highest BCUT2D eigenvalue weighted by Gasteiger charge is 2.09. The summed E-state index contributed by atoms with van der Waals surface area (Å²) in [6, 6.07) is 9.34. The third kappa shape index (κ3) is 4.33. The van der Waals surface area contributed by atoms with Crippen LogP contribution in [0.3, 0.4) is 0 Å². The second-order valence-electron chi connectivity index (χ2n) is 4.60. The number of aromatic nitrogens is 2.